The summed E-state index contributed by atoms with van der Waals surface area (Å²) in [6.07, 6.45) is 0.785. The first kappa shape index (κ1) is 17.3. The molecule has 0 fully saturated rings. The van der Waals surface area contributed by atoms with E-state index in [1.54, 1.807) is 0 Å². The maximum Gasteiger partial charge on any atom is 0.306 e. The first-order chi connectivity index (χ1) is 8.36. The van der Waals surface area contributed by atoms with Crippen LogP contribution in [0.5, 0.6) is 0 Å². The number of hydrogen-bond donors (Lipinski definition) is 1. The highest BCUT2D eigenvalue weighted by atomic mass is 32.2. The van der Waals surface area contributed by atoms with Crippen LogP contribution in [0.2, 0.25) is 0 Å². The molecule has 0 aliphatic heterocycles. The first-order valence-corrected chi connectivity index (χ1v) is 7.15. The average Bonchev–Trinajstić information content (AvgIpc) is 2.35. The second kappa shape index (κ2) is 8.41. The highest BCUT2D eigenvalue weighted by molar-refractivity contribution is 7.86. The maximum atomic E-state index is 12.0. The number of rotatable bonds is 9. The highest BCUT2D eigenvalue weighted by Crippen LogP contribution is 2.05. The monoisotopic (exact) mass is 281 g/mol. The molecule has 0 saturated carbocycles. The van der Waals surface area contributed by atoms with Crippen LogP contribution in [-0.4, -0.2) is 70.9 Å². The smallest absolute Gasteiger partial charge is 0.306 e. The summed E-state index contributed by atoms with van der Waals surface area (Å²) in [6, 6.07) is 0. The zero-order chi connectivity index (χ0) is 14.2. The van der Waals surface area contributed by atoms with Crippen molar-refractivity contribution in [1.29, 1.82) is 0 Å². The lowest BCUT2D eigenvalue weighted by Crippen LogP contribution is -2.41. The topological polar surface area (TPSA) is 79.0 Å². The van der Waals surface area contributed by atoms with Crippen LogP contribution in [0.25, 0.3) is 0 Å². The van der Waals surface area contributed by atoms with Crippen LogP contribution >= 0.6 is 0 Å². The van der Waals surface area contributed by atoms with Gasteiger partial charge in [-0.1, -0.05) is 0 Å². The highest BCUT2D eigenvalue weighted by Gasteiger charge is 2.23. The van der Waals surface area contributed by atoms with Gasteiger partial charge in [0.2, 0.25) is 0 Å². The van der Waals surface area contributed by atoms with Gasteiger partial charge in [0.15, 0.2) is 0 Å². The molecule has 0 heterocycles. The van der Waals surface area contributed by atoms with Crippen molar-refractivity contribution in [3.63, 3.8) is 0 Å². The lowest BCUT2D eigenvalue weighted by atomic mass is 10.4. The minimum Gasteiger partial charge on any atom is -0.469 e. The van der Waals surface area contributed by atoms with E-state index in [9.17, 15) is 13.2 Å². The van der Waals surface area contributed by atoms with Gasteiger partial charge in [-0.15, -0.1) is 0 Å². The summed E-state index contributed by atoms with van der Waals surface area (Å²) < 4.78 is 30.9. The molecule has 1 N–H and O–H groups in total. The molecule has 0 saturated heterocycles. The van der Waals surface area contributed by atoms with E-state index < -0.39 is 16.2 Å². The summed E-state index contributed by atoms with van der Waals surface area (Å²) in [4.78, 5) is 11.0. The molecule has 18 heavy (non-hydrogen) atoms. The van der Waals surface area contributed by atoms with Gasteiger partial charge in [-0.3, -0.25) is 4.79 Å². The Morgan fingerprint density at radius 2 is 1.78 bits per heavy atom. The normalized spacial score (nSPS) is 12.1. The van der Waals surface area contributed by atoms with E-state index >= 15 is 0 Å². The third-order valence-electron chi connectivity index (χ3n) is 2.55. The number of nitrogens with one attached hydrogen (secondary N) is 1. The summed E-state index contributed by atoms with van der Waals surface area (Å²) in [7, 11) is 2.58. The number of nitrogens with zero attached hydrogens (tertiary/aromatic N) is 2. The first-order valence-electron chi connectivity index (χ1n) is 5.75. The van der Waals surface area contributed by atoms with Crippen LogP contribution in [0.3, 0.4) is 0 Å². The second-order valence-corrected chi connectivity index (χ2v) is 6.08. The van der Waals surface area contributed by atoms with Crippen LogP contribution in [0, 0.1) is 0 Å². The van der Waals surface area contributed by atoms with E-state index in [-0.39, 0.29) is 13.0 Å². The number of carbonyl (C=O) groups is 1. The fourth-order valence-corrected chi connectivity index (χ4v) is 2.46. The SMILES string of the molecule is CNCCCN(C)S(=O)(=O)N(C)CCC(=O)OC. The molecule has 0 aliphatic carbocycles. The minimum absolute atomic E-state index is 0.0522. The van der Waals surface area contributed by atoms with Crippen molar-refractivity contribution in [1.82, 2.24) is 13.9 Å². The van der Waals surface area contributed by atoms with E-state index in [2.05, 4.69) is 10.1 Å². The van der Waals surface area contributed by atoms with Crippen molar-refractivity contribution < 1.29 is 17.9 Å². The van der Waals surface area contributed by atoms with Gasteiger partial charge in [0.05, 0.1) is 13.5 Å². The molecule has 7 nitrogen and oxygen atoms in total. The Kier molecular flexibility index (Phi) is 8.08. The van der Waals surface area contributed by atoms with Crippen LogP contribution in [-0.2, 0) is 19.7 Å². The van der Waals surface area contributed by atoms with Gasteiger partial charge in [-0.2, -0.15) is 17.0 Å². The molecular formula is C10H23N3O4S. The molecule has 0 aromatic rings. The molecule has 0 bridgehead atoms. The average molecular weight is 281 g/mol. The largest absolute Gasteiger partial charge is 0.469 e. The fraction of sp³-hybridized carbons (Fsp3) is 0.900. The van der Waals surface area contributed by atoms with Crippen molar-refractivity contribution >= 4 is 16.2 Å². The Labute approximate surface area is 109 Å². The fourth-order valence-electron chi connectivity index (χ4n) is 1.30. The van der Waals surface area contributed by atoms with Gasteiger partial charge in [0, 0.05) is 27.2 Å². The standard InChI is InChI=1S/C10H23N3O4S/c1-11-7-5-8-12(2)18(15,16)13(3)9-6-10(14)17-4/h11H,5-9H2,1-4H3. The Morgan fingerprint density at radius 1 is 1.22 bits per heavy atom. The van der Waals surface area contributed by atoms with Crippen molar-refractivity contribution in [2.75, 3.05) is 47.9 Å². The van der Waals surface area contributed by atoms with E-state index in [1.807, 2.05) is 7.05 Å². The third kappa shape index (κ3) is 5.76. The van der Waals surface area contributed by atoms with E-state index in [0.29, 0.717) is 6.54 Å². The lowest BCUT2D eigenvalue weighted by Gasteiger charge is -2.24. The number of hydrogen-bond acceptors (Lipinski definition) is 5. The molecule has 8 heteroatoms. The summed E-state index contributed by atoms with van der Waals surface area (Å²) in [6.45, 7) is 1.31. The number of ether oxygens (including phenoxy) is 1. The Bertz CT molecular complexity index is 345. The van der Waals surface area contributed by atoms with Gasteiger partial charge in [0.1, 0.15) is 0 Å². The minimum atomic E-state index is -3.49. The van der Waals surface area contributed by atoms with Crippen molar-refractivity contribution in [2.45, 2.75) is 12.8 Å². The Morgan fingerprint density at radius 3 is 2.28 bits per heavy atom. The number of methoxy groups -OCH3 is 1. The summed E-state index contributed by atoms with van der Waals surface area (Å²) in [5.74, 6) is -0.421. The Hall–Kier alpha value is -0.700. The Balaban J connectivity index is 4.28. The molecule has 0 rings (SSSR count). The molecule has 0 unspecified atom stereocenters. The van der Waals surface area contributed by atoms with Crippen molar-refractivity contribution in [3.05, 3.63) is 0 Å². The van der Waals surface area contributed by atoms with Gasteiger partial charge in [-0.05, 0) is 20.0 Å². The molecule has 0 aliphatic rings. The predicted molar refractivity (Wildman–Crippen MR) is 69.4 cm³/mol. The van der Waals surface area contributed by atoms with Crippen LogP contribution in [0.15, 0.2) is 0 Å². The molecule has 0 amide bonds. The van der Waals surface area contributed by atoms with Gasteiger partial charge < -0.3 is 10.1 Å². The van der Waals surface area contributed by atoms with Gasteiger partial charge >= 0.3 is 5.97 Å². The second-order valence-electron chi connectivity index (χ2n) is 3.93. The van der Waals surface area contributed by atoms with E-state index in [0.717, 1.165) is 17.3 Å². The van der Waals surface area contributed by atoms with Gasteiger partial charge in [-0.25, -0.2) is 0 Å². The van der Waals surface area contributed by atoms with Crippen LogP contribution in [0.4, 0.5) is 0 Å². The summed E-state index contributed by atoms with van der Waals surface area (Å²) >= 11 is 0. The molecule has 0 aromatic carbocycles. The lowest BCUT2D eigenvalue weighted by molar-refractivity contribution is -0.140. The predicted octanol–water partition coefficient (Wildman–Crippen LogP) is -0.733. The summed E-state index contributed by atoms with van der Waals surface area (Å²) in [5, 5.41) is 2.96. The quantitative estimate of drug-likeness (QED) is 0.445. The van der Waals surface area contributed by atoms with E-state index in [1.165, 1.54) is 25.5 Å². The number of esters is 1. The molecule has 0 radical (unpaired) electrons. The summed E-state index contributed by atoms with van der Waals surface area (Å²) in [5.41, 5.74) is 0. The molecule has 0 atom stereocenters. The van der Waals surface area contributed by atoms with Crippen LogP contribution in [0.1, 0.15) is 12.8 Å². The maximum absolute atomic E-state index is 12.0. The number of carbonyl (C=O) groups excluding carboxylic acids is 1. The zero-order valence-electron chi connectivity index (χ0n) is 11.5. The van der Waals surface area contributed by atoms with Gasteiger partial charge in [0.25, 0.3) is 10.2 Å². The molecule has 108 valence electrons. The molecule has 0 spiro atoms. The van der Waals surface area contributed by atoms with Crippen molar-refractivity contribution in [2.24, 2.45) is 0 Å². The zero-order valence-corrected chi connectivity index (χ0v) is 12.3. The van der Waals surface area contributed by atoms with E-state index in [4.69, 9.17) is 0 Å². The van der Waals surface area contributed by atoms with Crippen molar-refractivity contribution in [3.8, 4) is 0 Å². The third-order valence-corrected chi connectivity index (χ3v) is 4.49. The molecular weight excluding hydrogens is 258 g/mol. The molecule has 0 aromatic heterocycles. The van der Waals surface area contributed by atoms with Crippen LogP contribution < -0.4 is 5.32 Å².